The van der Waals surface area contributed by atoms with Crippen LogP contribution in [0.25, 0.3) is 0 Å². The Hall–Kier alpha value is -0.220. The van der Waals surface area contributed by atoms with Crippen LogP contribution in [0.3, 0.4) is 0 Å². The molecule has 3 saturated heterocycles. The number of ether oxygens (including phenoxy) is 6. The Morgan fingerprint density at radius 2 is 1.28 bits per heavy atom. The average Bonchev–Trinajstić information content (AvgIpc) is 2.93. The number of aliphatic hydroxyl groups is 8. The molecule has 0 aromatic heterocycles. The van der Waals surface area contributed by atoms with Gasteiger partial charge in [0, 0.05) is 7.11 Å². The summed E-state index contributed by atoms with van der Waals surface area (Å²) in [5, 5.41) is 93.8. The zero-order valence-corrected chi connectivity index (χ0v) is 26.1. The minimum atomic E-state index is -5.08. The fourth-order valence-corrected chi connectivity index (χ4v) is 5.00. The zero-order chi connectivity index (χ0) is 31.5. The van der Waals surface area contributed by atoms with Gasteiger partial charge in [-0.15, -0.1) is 0 Å². The van der Waals surface area contributed by atoms with E-state index in [1.165, 1.54) is 0 Å². The number of aliphatic imine (C=N–C) groups is 1. The summed E-state index contributed by atoms with van der Waals surface area (Å²) in [6, 6.07) is -1.72. The molecule has 3 rings (SSSR count). The summed E-state index contributed by atoms with van der Waals surface area (Å²) in [6.07, 6.45) is -24.4. The summed E-state index contributed by atoms with van der Waals surface area (Å²) in [6.45, 7) is -1.64. The number of nitrogens with zero attached hydrogens (tertiary/aromatic N) is 1. The largest absolute Gasteiger partial charge is 1.00 e. The summed E-state index contributed by atoms with van der Waals surface area (Å²) >= 11 is 0. The molecule has 3 aliphatic heterocycles. The second-order valence-electron chi connectivity index (χ2n) is 9.73. The number of aliphatic hydroxyl groups excluding tert-OH is 8. The molecule has 0 bridgehead atoms. The molecule has 0 spiro atoms. The molecule has 3 aliphatic rings. The molecule has 20 nitrogen and oxygen atoms in total. The molecule has 0 aromatic rings. The maximum absolute atomic E-state index is 12.1. The minimum Gasteiger partial charge on any atom is -0.862 e. The van der Waals surface area contributed by atoms with Gasteiger partial charge < -0.3 is 74.4 Å². The number of hydrogen-bond acceptors (Lipinski definition) is 19. The van der Waals surface area contributed by atoms with Crippen molar-refractivity contribution in [3.63, 3.8) is 0 Å². The zero-order valence-electron chi connectivity index (χ0n) is 23.2. The Morgan fingerprint density at radius 1 is 0.767 bits per heavy atom. The molecule has 15 atom stereocenters. The summed E-state index contributed by atoms with van der Waals surface area (Å²) in [5.74, 6) is -0.886. The molecule has 0 aromatic carbocycles. The van der Waals surface area contributed by atoms with E-state index in [0.717, 1.165) is 14.0 Å². The van der Waals surface area contributed by atoms with Crippen LogP contribution in [-0.4, -0.2) is 179 Å². The molecule has 3 heterocycles. The van der Waals surface area contributed by atoms with E-state index in [1.54, 1.807) is 0 Å². The van der Waals surface area contributed by atoms with Gasteiger partial charge in [-0.05, 0) is 12.8 Å². The Labute approximate surface area is 267 Å². The van der Waals surface area contributed by atoms with Crippen molar-refractivity contribution < 1.29 is 121 Å². The third-order valence-corrected chi connectivity index (χ3v) is 7.28. The van der Waals surface area contributed by atoms with Crippen LogP contribution in [0, 0.1) is 0 Å². The molecular weight excluding hydrogens is 625 g/mol. The summed E-state index contributed by atoms with van der Waals surface area (Å²) in [4.78, 5) is 3.80. The van der Waals surface area contributed by atoms with E-state index in [-0.39, 0.29) is 29.6 Å². The van der Waals surface area contributed by atoms with Crippen LogP contribution in [-0.2, 0) is 43.0 Å². The SMILES string of the molecule is CO[C@H]1O[C@H](CO)[C@@H](O)[C@H](O)[C@@H]1O[C@@H]1O[C@H](COS(=O)(=O)O)[C@@H](O)[C@H](O[C@@H]2O[C@H](CO)[C@H](O)[C@H](O)[C@H]2O)[C@H]1N=C(C)[O-].[Na+]. The Morgan fingerprint density at radius 3 is 1.79 bits per heavy atom. The number of methoxy groups -OCH3 is 1. The second kappa shape index (κ2) is 16.6. The van der Waals surface area contributed by atoms with Crippen LogP contribution in [0.4, 0.5) is 0 Å². The minimum absolute atomic E-state index is 0. The van der Waals surface area contributed by atoms with Crippen molar-refractivity contribution in [3.8, 4) is 0 Å². The quantitative estimate of drug-likeness (QED) is 0.0429. The van der Waals surface area contributed by atoms with Gasteiger partial charge in [-0.25, -0.2) is 4.18 Å². The van der Waals surface area contributed by atoms with Crippen molar-refractivity contribution >= 4 is 16.3 Å². The average molecular weight is 662 g/mol. The second-order valence-corrected chi connectivity index (χ2v) is 10.8. The van der Waals surface area contributed by atoms with Gasteiger partial charge in [-0.1, -0.05) is 0 Å². The van der Waals surface area contributed by atoms with Crippen LogP contribution < -0.4 is 34.7 Å². The maximum atomic E-state index is 12.1. The van der Waals surface area contributed by atoms with Crippen molar-refractivity contribution in [2.75, 3.05) is 26.9 Å². The fourth-order valence-electron chi connectivity index (χ4n) is 4.69. The van der Waals surface area contributed by atoms with Gasteiger partial charge in [0.1, 0.15) is 73.2 Å². The molecule has 0 amide bonds. The molecule has 9 N–H and O–H groups in total. The van der Waals surface area contributed by atoms with E-state index in [0.29, 0.717) is 0 Å². The van der Waals surface area contributed by atoms with Crippen molar-refractivity contribution in [3.05, 3.63) is 0 Å². The van der Waals surface area contributed by atoms with Crippen LogP contribution in [0.5, 0.6) is 0 Å². The normalized spacial score (nSPS) is 44.5. The van der Waals surface area contributed by atoms with Gasteiger partial charge in [-0.2, -0.15) is 8.42 Å². The first-order chi connectivity index (χ1) is 19.6. The van der Waals surface area contributed by atoms with Crippen LogP contribution in [0.2, 0.25) is 0 Å². The molecule has 0 saturated carbocycles. The van der Waals surface area contributed by atoms with Gasteiger partial charge in [0.25, 0.3) is 0 Å². The van der Waals surface area contributed by atoms with Crippen LogP contribution in [0.15, 0.2) is 4.99 Å². The van der Waals surface area contributed by atoms with Crippen LogP contribution in [0.1, 0.15) is 6.92 Å². The topological polar surface area (TPSA) is 316 Å². The first kappa shape index (κ1) is 39.0. The van der Waals surface area contributed by atoms with Crippen LogP contribution >= 0.6 is 0 Å². The van der Waals surface area contributed by atoms with E-state index >= 15 is 0 Å². The predicted octanol–water partition coefficient (Wildman–Crippen LogP) is -10.3. The summed E-state index contributed by atoms with van der Waals surface area (Å²) < 4.78 is 68.6. The molecule has 0 unspecified atom stereocenters. The summed E-state index contributed by atoms with van der Waals surface area (Å²) in [7, 11) is -3.94. The Balaban J connectivity index is 0.00000645. The summed E-state index contributed by atoms with van der Waals surface area (Å²) in [5.41, 5.74) is 0. The molecule has 3 fully saturated rings. The number of hydrogen-bond donors (Lipinski definition) is 9. The molecular formula is C21H36NNaO19S. The fraction of sp³-hybridized carbons (Fsp3) is 0.952. The molecule has 22 heteroatoms. The van der Waals surface area contributed by atoms with Crippen molar-refractivity contribution in [1.29, 1.82) is 0 Å². The van der Waals surface area contributed by atoms with Crippen molar-refractivity contribution in [2.45, 2.75) is 99.0 Å². The number of rotatable bonds is 11. The Kier molecular flexibility index (Phi) is 15.0. The first-order valence-electron chi connectivity index (χ1n) is 12.6. The van der Waals surface area contributed by atoms with E-state index < -0.39 is 128 Å². The molecule has 0 aliphatic carbocycles. The third-order valence-electron chi connectivity index (χ3n) is 6.84. The standard InChI is InChI=1S/C21H37NO19S.Na/c1-6(25)22-10-17(40-20-16(31)14(29)11(26)7(3-23)37-20)13(28)9(5-36-42(32,33)34)39-19(10)41-18-15(30)12(27)8(4-24)38-21(18)35-2;/h7-21,23-24,26-31H,3-5H2,1-2H3,(H,22,25)(H,32,33,34);/q;+1/p-1/t7-,8-,9-,10-,11+,12-,13-,14+,15+,16-,17-,18+,19+,20+,21+;/m1./s1. The molecule has 246 valence electrons. The van der Waals surface area contributed by atoms with Gasteiger partial charge in [0.05, 0.1) is 19.8 Å². The monoisotopic (exact) mass is 661 g/mol. The van der Waals surface area contributed by atoms with E-state index in [2.05, 4.69) is 9.18 Å². The van der Waals surface area contributed by atoms with E-state index in [4.69, 9.17) is 33.0 Å². The van der Waals surface area contributed by atoms with Gasteiger partial charge in [-0.3, -0.25) is 9.55 Å². The molecule has 43 heavy (non-hydrogen) atoms. The molecule has 0 radical (unpaired) electrons. The smallest absolute Gasteiger partial charge is 0.862 e. The maximum Gasteiger partial charge on any atom is 1.00 e. The third kappa shape index (κ3) is 9.42. The van der Waals surface area contributed by atoms with E-state index in [1.807, 2.05) is 0 Å². The van der Waals surface area contributed by atoms with Gasteiger partial charge in [0.2, 0.25) is 0 Å². The van der Waals surface area contributed by atoms with Crippen molar-refractivity contribution in [2.24, 2.45) is 4.99 Å². The first-order valence-corrected chi connectivity index (χ1v) is 13.9. The van der Waals surface area contributed by atoms with Gasteiger partial charge >= 0.3 is 40.0 Å². The van der Waals surface area contributed by atoms with Gasteiger partial charge in [0.15, 0.2) is 18.9 Å². The predicted molar refractivity (Wildman–Crippen MR) is 127 cm³/mol. The van der Waals surface area contributed by atoms with Crippen molar-refractivity contribution in [1.82, 2.24) is 0 Å². The Bertz CT molecular complexity index is 1000. The van der Waals surface area contributed by atoms with E-state index in [9.17, 15) is 54.4 Å².